The van der Waals surface area contributed by atoms with E-state index in [4.69, 9.17) is 4.74 Å². The smallest absolute Gasteiger partial charge is 0.215 e. The minimum Gasteiger partial charge on any atom is -0.508 e. The molecular formula is C28H32O4. The highest BCUT2D eigenvalue weighted by Gasteiger charge is 2.53. The van der Waals surface area contributed by atoms with Gasteiger partial charge in [-0.15, -0.1) is 0 Å². The van der Waals surface area contributed by atoms with Gasteiger partial charge in [-0.1, -0.05) is 58.0 Å². The Morgan fingerprint density at radius 1 is 0.750 bits per heavy atom. The molecule has 1 heterocycles. The Morgan fingerprint density at radius 2 is 1.22 bits per heavy atom. The molecule has 32 heavy (non-hydrogen) atoms. The summed E-state index contributed by atoms with van der Waals surface area (Å²) < 4.78 is 6.03. The summed E-state index contributed by atoms with van der Waals surface area (Å²) in [4.78, 5) is 0. The van der Waals surface area contributed by atoms with Gasteiger partial charge in [-0.3, -0.25) is 0 Å². The summed E-state index contributed by atoms with van der Waals surface area (Å²) in [6.45, 7) is 12.1. The van der Waals surface area contributed by atoms with E-state index in [1.165, 1.54) is 0 Å². The Bertz CT molecular complexity index is 1110. The first kappa shape index (κ1) is 22.2. The standard InChI is InChI=1S/C28H32O4/c1-15(2)19-13-22(17(5)11-24(19)29)28(21-9-7-8-10-26(21)32-27(28)31)23-14-20(16(3)4)25(30)12-18(23)6/h7-16,27,29-31H,1-6H3. The Hall–Kier alpha value is -2.98. The zero-order valence-corrected chi connectivity index (χ0v) is 19.6. The third kappa shape index (κ3) is 3.17. The predicted molar refractivity (Wildman–Crippen MR) is 127 cm³/mol. The molecular weight excluding hydrogens is 400 g/mol. The maximum Gasteiger partial charge on any atom is 0.215 e. The fourth-order valence-electron chi connectivity index (χ4n) is 5.13. The minimum atomic E-state index is -1.16. The van der Waals surface area contributed by atoms with Crippen molar-refractivity contribution in [3.63, 3.8) is 0 Å². The molecule has 0 spiro atoms. The van der Waals surface area contributed by atoms with Crippen molar-refractivity contribution in [1.29, 1.82) is 0 Å². The number of benzene rings is 3. The Morgan fingerprint density at radius 3 is 1.69 bits per heavy atom. The zero-order chi connectivity index (χ0) is 23.4. The lowest BCUT2D eigenvalue weighted by Gasteiger charge is -2.36. The van der Waals surface area contributed by atoms with E-state index in [0.717, 1.165) is 38.9 Å². The number of hydrogen-bond donors (Lipinski definition) is 3. The first-order chi connectivity index (χ1) is 15.1. The van der Waals surface area contributed by atoms with Crippen molar-refractivity contribution in [1.82, 2.24) is 0 Å². The van der Waals surface area contributed by atoms with Crippen molar-refractivity contribution in [3.05, 3.63) is 87.5 Å². The normalized spacial score (nSPS) is 17.0. The fourth-order valence-corrected chi connectivity index (χ4v) is 5.13. The van der Waals surface area contributed by atoms with Crippen LogP contribution in [-0.4, -0.2) is 21.6 Å². The zero-order valence-electron chi connectivity index (χ0n) is 19.6. The van der Waals surface area contributed by atoms with Crippen molar-refractivity contribution >= 4 is 0 Å². The van der Waals surface area contributed by atoms with E-state index in [-0.39, 0.29) is 23.3 Å². The third-order valence-electron chi connectivity index (χ3n) is 6.76. The average molecular weight is 433 g/mol. The molecule has 168 valence electrons. The van der Waals surface area contributed by atoms with E-state index < -0.39 is 11.7 Å². The molecule has 0 aliphatic carbocycles. The van der Waals surface area contributed by atoms with E-state index in [1.807, 2.05) is 77.9 Å². The number of rotatable bonds is 4. The van der Waals surface area contributed by atoms with Gasteiger partial charge in [0, 0.05) is 5.56 Å². The maximum absolute atomic E-state index is 11.6. The molecule has 3 N–H and O–H groups in total. The van der Waals surface area contributed by atoms with E-state index in [1.54, 1.807) is 12.1 Å². The van der Waals surface area contributed by atoms with E-state index in [2.05, 4.69) is 0 Å². The van der Waals surface area contributed by atoms with Crippen LogP contribution >= 0.6 is 0 Å². The fraction of sp³-hybridized carbons (Fsp3) is 0.357. The van der Waals surface area contributed by atoms with Gasteiger partial charge in [-0.05, 0) is 77.3 Å². The molecule has 1 aliphatic rings. The maximum atomic E-state index is 11.6. The Kier molecular flexibility index (Phi) is 5.46. The van der Waals surface area contributed by atoms with Gasteiger partial charge in [0.1, 0.15) is 22.7 Å². The molecule has 3 aromatic carbocycles. The summed E-state index contributed by atoms with van der Waals surface area (Å²) in [5.41, 5.74) is 5.03. The van der Waals surface area contributed by atoms with E-state index in [0.29, 0.717) is 5.75 Å². The highest BCUT2D eigenvalue weighted by molar-refractivity contribution is 5.65. The van der Waals surface area contributed by atoms with Crippen LogP contribution in [0.4, 0.5) is 0 Å². The van der Waals surface area contributed by atoms with Crippen LogP contribution in [0.5, 0.6) is 17.2 Å². The van der Waals surface area contributed by atoms with Gasteiger partial charge < -0.3 is 20.1 Å². The first-order valence-corrected chi connectivity index (χ1v) is 11.2. The number of fused-ring (bicyclic) bond motifs is 1. The number of aryl methyl sites for hydroxylation is 2. The van der Waals surface area contributed by atoms with Crippen LogP contribution in [0.15, 0.2) is 48.5 Å². The number of phenolic OH excluding ortho intramolecular Hbond substituents is 2. The van der Waals surface area contributed by atoms with Crippen molar-refractivity contribution < 1.29 is 20.1 Å². The summed E-state index contributed by atoms with van der Waals surface area (Å²) >= 11 is 0. The van der Waals surface area contributed by atoms with Gasteiger partial charge >= 0.3 is 0 Å². The number of aromatic hydroxyl groups is 2. The second-order valence-electron chi connectivity index (χ2n) is 9.54. The number of ether oxygens (including phenoxy) is 1. The van der Waals surface area contributed by atoms with Gasteiger partial charge in [0.25, 0.3) is 0 Å². The summed E-state index contributed by atoms with van der Waals surface area (Å²) in [6, 6.07) is 15.3. The lowest BCUT2D eigenvalue weighted by Crippen LogP contribution is -2.41. The van der Waals surface area contributed by atoms with Gasteiger partial charge in [-0.2, -0.15) is 0 Å². The Balaban J connectivity index is 2.16. The van der Waals surface area contributed by atoms with Crippen LogP contribution in [0, 0.1) is 13.8 Å². The molecule has 1 unspecified atom stereocenters. The highest BCUT2D eigenvalue weighted by Crippen LogP contribution is 2.54. The largest absolute Gasteiger partial charge is 0.508 e. The summed E-state index contributed by atoms with van der Waals surface area (Å²) in [6.07, 6.45) is -1.16. The van der Waals surface area contributed by atoms with Gasteiger partial charge in [-0.25, -0.2) is 0 Å². The second kappa shape index (κ2) is 7.86. The van der Waals surface area contributed by atoms with Crippen LogP contribution in [0.1, 0.15) is 78.5 Å². The number of phenols is 2. The summed E-state index contributed by atoms with van der Waals surface area (Å²) in [5, 5.41) is 32.8. The molecule has 4 nitrogen and oxygen atoms in total. The van der Waals surface area contributed by atoms with Gasteiger partial charge in [0.05, 0.1) is 0 Å². The third-order valence-corrected chi connectivity index (χ3v) is 6.76. The lowest BCUT2D eigenvalue weighted by molar-refractivity contribution is -0.0323. The van der Waals surface area contributed by atoms with Crippen molar-refractivity contribution in [2.75, 3.05) is 0 Å². The molecule has 0 amide bonds. The topological polar surface area (TPSA) is 69.9 Å². The molecule has 0 radical (unpaired) electrons. The van der Waals surface area contributed by atoms with Gasteiger partial charge in [0.2, 0.25) is 6.29 Å². The quantitative estimate of drug-likeness (QED) is 0.472. The van der Waals surface area contributed by atoms with Crippen LogP contribution < -0.4 is 4.74 Å². The van der Waals surface area contributed by atoms with Crippen LogP contribution in [-0.2, 0) is 5.41 Å². The molecule has 0 bridgehead atoms. The molecule has 0 saturated carbocycles. The van der Waals surface area contributed by atoms with Crippen molar-refractivity contribution in [2.45, 2.75) is 65.1 Å². The number of para-hydroxylation sites is 1. The number of aliphatic hydroxyl groups excluding tert-OH is 1. The first-order valence-electron chi connectivity index (χ1n) is 11.2. The lowest BCUT2D eigenvalue weighted by atomic mass is 9.66. The molecule has 1 aliphatic heterocycles. The monoisotopic (exact) mass is 432 g/mol. The predicted octanol–water partition coefficient (Wildman–Crippen LogP) is 6.01. The molecule has 0 saturated heterocycles. The molecule has 4 rings (SSSR count). The molecule has 0 aromatic heterocycles. The Labute approximate surface area is 190 Å². The molecule has 3 aromatic rings. The average Bonchev–Trinajstić information content (AvgIpc) is 3.00. The highest BCUT2D eigenvalue weighted by atomic mass is 16.6. The summed E-state index contributed by atoms with van der Waals surface area (Å²) in [7, 11) is 0. The SMILES string of the molecule is Cc1cc(O)c(C(C)C)cc1C1(c2cc(C(C)C)c(O)cc2C)c2ccccc2OC1O. The molecule has 4 heteroatoms. The van der Waals surface area contributed by atoms with Crippen LogP contribution in [0.25, 0.3) is 0 Å². The number of aliphatic hydroxyl groups is 1. The minimum absolute atomic E-state index is 0.105. The van der Waals surface area contributed by atoms with Crippen molar-refractivity contribution in [3.8, 4) is 17.2 Å². The second-order valence-corrected chi connectivity index (χ2v) is 9.54. The van der Waals surface area contributed by atoms with Gasteiger partial charge in [0.15, 0.2) is 0 Å². The van der Waals surface area contributed by atoms with Crippen LogP contribution in [0.3, 0.4) is 0 Å². The van der Waals surface area contributed by atoms with E-state index >= 15 is 0 Å². The summed E-state index contributed by atoms with van der Waals surface area (Å²) in [5.74, 6) is 1.35. The number of hydrogen-bond acceptors (Lipinski definition) is 4. The van der Waals surface area contributed by atoms with Crippen molar-refractivity contribution in [2.24, 2.45) is 0 Å². The molecule has 1 atom stereocenters. The van der Waals surface area contributed by atoms with Crippen LogP contribution in [0.2, 0.25) is 0 Å². The molecule has 0 fully saturated rings. The van der Waals surface area contributed by atoms with E-state index in [9.17, 15) is 15.3 Å².